The Labute approximate surface area is 151 Å². The molecule has 0 bridgehead atoms. The van der Waals surface area contributed by atoms with E-state index in [2.05, 4.69) is 4.72 Å². The van der Waals surface area contributed by atoms with E-state index in [0.29, 0.717) is 0 Å². The number of furan rings is 1. The van der Waals surface area contributed by atoms with E-state index in [0.717, 1.165) is 16.5 Å². The van der Waals surface area contributed by atoms with Crippen molar-refractivity contribution in [2.24, 2.45) is 0 Å². The minimum absolute atomic E-state index is 0.00264. The van der Waals surface area contributed by atoms with Crippen molar-refractivity contribution in [2.75, 3.05) is 7.05 Å². The number of aliphatic carboxylic acids is 1. The molecule has 2 aromatic rings. The van der Waals surface area contributed by atoms with Gasteiger partial charge < -0.3 is 14.4 Å². The van der Waals surface area contributed by atoms with Crippen LogP contribution >= 0.6 is 0 Å². The predicted molar refractivity (Wildman–Crippen MR) is 93.1 cm³/mol. The number of hydrogen-bond acceptors (Lipinski definition) is 5. The Morgan fingerprint density at radius 2 is 1.88 bits per heavy atom. The lowest BCUT2D eigenvalue weighted by atomic mass is 10.1. The van der Waals surface area contributed by atoms with Crippen LogP contribution in [0.25, 0.3) is 0 Å². The summed E-state index contributed by atoms with van der Waals surface area (Å²) in [5.41, 5.74) is 0.751. The van der Waals surface area contributed by atoms with Crippen LogP contribution in [0.4, 0.5) is 0 Å². The van der Waals surface area contributed by atoms with Gasteiger partial charge in [-0.3, -0.25) is 4.79 Å². The molecular formula is C17H20N2O6S. The number of carbonyl (C=O) groups excluding carboxylic acids is 1. The molecule has 8 nitrogen and oxygen atoms in total. The predicted octanol–water partition coefficient (Wildman–Crippen LogP) is 1.61. The lowest BCUT2D eigenvalue weighted by Gasteiger charge is -2.26. The van der Waals surface area contributed by atoms with Crippen LogP contribution in [0.1, 0.15) is 28.6 Å². The molecule has 26 heavy (non-hydrogen) atoms. The van der Waals surface area contributed by atoms with Crippen LogP contribution in [-0.2, 0) is 21.4 Å². The van der Waals surface area contributed by atoms with E-state index in [-0.39, 0.29) is 17.9 Å². The summed E-state index contributed by atoms with van der Waals surface area (Å²) in [6.45, 7) is 2.91. The second kappa shape index (κ2) is 7.71. The van der Waals surface area contributed by atoms with Crippen LogP contribution in [0.3, 0.4) is 0 Å². The number of sulfonamides is 1. The van der Waals surface area contributed by atoms with Crippen LogP contribution in [-0.4, -0.2) is 43.4 Å². The molecule has 0 aliphatic carbocycles. The average Bonchev–Trinajstić information content (AvgIpc) is 3.02. The van der Waals surface area contributed by atoms with Gasteiger partial charge in [0.05, 0.1) is 5.56 Å². The van der Waals surface area contributed by atoms with Gasteiger partial charge in [0.1, 0.15) is 11.8 Å². The number of carbonyl (C=O) groups is 2. The Morgan fingerprint density at radius 3 is 2.42 bits per heavy atom. The third kappa shape index (κ3) is 4.12. The topological polar surface area (TPSA) is 117 Å². The molecule has 0 saturated carbocycles. The lowest BCUT2D eigenvalue weighted by Crippen LogP contribution is -2.42. The number of aryl methyl sites for hydroxylation is 1. The molecular weight excluding hydrogens is 360 g/mol. The van der Waals surface area contributed by atoms with E-state index >= 15 is 0 Å². The summed E-state index contributed by atoms with van der Waals surface area (Å²) in [6, 6.07) is 8.92. The van der Waals surface area contributed by atoms with Crippen molar-refractivity contribution in [2.45, 2.75) is 31.5 Å². The van der Waals surface area contributed by atoms with Gasteiger partial charge in [-0.15, -0.1) is 0 Å². The largest absolute Gasteiger partial charge is 0.480 e. The molecule has 0 aliphatic rings. The lowest BCUT2D eigenvalue weighted by molar-refractivity contribution is -0.141. The van der Waals surface area contributed by atoms with Gasteiger partial charge in [-0.05, 0) is 26.5 Å². The van der Waals surface area contributed by atoms with Gasteiger partial charge in [0, 0.05) is 12.6 Å². The molecule has 0 radical (unpaired) electrons. The first kappa shape index (κ1) is 19.7. The fourth-order valence-electron chi connectivity index (χ4n) is 2.35. The highest BCUT2D eigenvalue weighted by atomic mass is 32.2. The molecule has 0 saturated heterocycles. The fraction of sp³-hybridized carbons (Fsp3) is 0.294. The maximum absolute atomic E-state index is 12.9. The number of benzene rings is 1. The molecule has 1 amide bonds. The SMILES string of the molecule is CNS(=O)(=O)c1cc(C(=O)N(Cc2ccccc2)C(C)C(=O)O)c(C)o1. The maximum atomic E-state index is 12.9. The molecule has 1 atom stereocenters. The summed E-state index contributed by atoms with van der Waals surface area (Å²) in [5, 5.41) is 8.95. The summed E-state index contributed by atoms with van der Waals surface area (Å²) in [7, 11) is -2.63. The highest BCUT2D eigenvalue weighted by molar-refractivity contribution is 7.89. The summed E-state index contributed by atoms with van der Waals surface area (Å²) in [5.74, 6) is -1.69. The zero-order valence-electron chi connectivity index (χ0n) is 14.6. The van der Waals surface area contributed by atoms with Gasteiger partial charge in [0.2, 0.25) is 5.09 Å². The molecule has 1 aromatic heterocycles. The van der Waals surface area contributed by atoms with E-state index in [1.807, 2.05) is 6.07 Å². The van der Waals surface area contributed by atoms with Crippen LogP contribution < -0.4 is 4.72 Å². The van der Waals surface area contributed by atoms with E-state index in [9.17, 15) is 23.1 Å². The minimum Gasteiger partial charge on any atom is -0.480 e. The van der Waals surface area contributed by atoms with Gasteiger partial charge in [0.15, 0.2) is 0 Å². The third-order valence-electron chi connectivity index (χ3n) is 3.94. The average molecular weight is 380 g/mol. The Bertz CT molecular complexity index is 905. The minimum atomic E-state index is -3.86. The van der Waals surface area contributed by atoms with Crippen molar-refractivity contribution in [3.05, 3.63) is 53.3 Å². The number of carboxylic acid groups (broad SMARTS) is 1. The first-order valence-electron chi connectivity index (χ1n) is 7.79. The van der Waals surface area contributed by atoms with Crippen molar-refractivity contribution in [1.29, 1.82) is 0 Å². The van der Waals surface area contributed by atoms with Crippen molar-refractivity contribution in [1.82, 2.24) is 9.62 Å². The van der Waals surface area contributed by atoms with Gasteiger partial charge in [0.25, 0.3) is 15.9 Å². The normalized spacial score (nSPS) is 12.6. The van der Waals surface area contributed by atoms with Gasteiger partial charge >= 0.3 is 5.97 Å². The zero-order valence-corrected chi connectivity index (χ0v) is 15.4. The summed E-state index contributed by atoms with van der Waals surface area (Å²) in [6.07, 6.45) is 0. The van der Waals surface area contributed by atoms with Crippen LogP contribution in [0.2, 0.25) is 0 Å². The first-order valence-corrected chi connectivity index (χ1v) is 9.27. The van der Waals surface area contributed by atoms with Crippen LogP contribution in [0, 0.1) is 6.92 Å². The quantitative estimate of drug-likeness (QED) is 0.754. The van der Waals surface area contributed by atoms with E-state index in [1.165, 1.54) is 20.9 Å². The molecule has 1 heterocycles. The van der Waals surface area contributed by atoms with Crippen molar-refractivity contribution in [3.63, 3.8) is 0 Å². The number of nitrogens with one attached hydrogen (secondary N) is 1. The standard InChI is InChI=1S/C17H20N2O6S/c1-11(17(21)22)19(10-13-7-5-4-6-8-13)16(20)14-9-15(25-12(14)2)26(23,24)18-3/h4-9,11,18H,10H2,1-3H3,(H,21,22). The van der Waals surface area contributed by atoms with Crippen molar-refractivity contribution >= 4 is 21.9 Å². The molecule has 1 unspecified atom stereocenters. The molecule has 2 rings (SSSR count). The van der Waals surface area contributed by atoms with E-state index in [4.69, 9.17) is 4.42 Å². The van der Waals surface area contributed by atoms with Crippen molar-refractivity contribution in [3.8, 4) is 0 Å². The van der Waals surface area contributed by atoms with E-state index < -0.39 is 33.0 Å². The highest BCUT2D eigenvalue weighted by Gasteiger charge is 2.30. The summed E-state index contributed by atoms with van der Waals surface area (Å²) in [4.78, 5) is 25.5. The number of carboxylic acids is 1. The zero-order chi connectivity index (χ0) is 19.5. The molecule has 1 aromatic carbocycles. The monoisotopic (exact) mass is 380 g/mol. The third-order valence-corrected chi connectivity index (χ3v) is 5.21. The number of amides is 1. The fourth-order valence-corrected chi connectivity index (χ4v) is 3.06. The number of hydrogen-bond donors (Lipinski definition) is 2. The van der Waals surface area contributed by atoms with Crippen LogP contribution in [0.15, 0.2) is 45.9 Å². The Hall–Kier alpha value is -2.65. The summed E-state index contributed by atoms with van der Waals surface area (Å²) < 4.78 is 31.0. The summed E-state index contributed by atoms with van der Waals surface area (Å²) >= 11 is 0. The van der Waals surface area contributed by atoms with E-state index in [1.54, 1.807) is 24.3 Å². The molecule has 9 heteroatoms. The highest BCUT2D eigenvalue weighted by Crippen LogP contribution is 2.22. The van der Waals surface area contributed by atoms with Gasteiger partial charge in [-0.1, -0.05) is 30.3 Å². The Morgan fingerprint density at radius 1 is 1.27 bits per heavy atom. The molecule has 140 valence electrons. The molecule has 0 aliphatic heterocycles. The van der Waals surface area contributed by atoms with Gasteiger partial charge in [-0.25, -0.2) is 17.9 Å². The molecule has 0 spiro atoms. The Balaban J connectivity index is 2.42. The number of rotatable bonds is 7. The molecule has 2 N–H and O–H groups in total. The first-order chi connectivity index (χ1) is 12.2. The Kier molecular flexibility index (Phi) is 5.83. The van der Waals surface area contributed by atoms with Crippen molar-refractivity contribution < 1.29 is 27.5 Å². The second-order valence-electron chi connectivity index (χ2n) is 5.68. The maximum Gasteiger partial charge on any atom is 0.326 e. The van der Waals surface area contributed by atoms with Gasteiger partial charge in [-0.2, -0.15) is 0 Å². The second-order valence-corrected chi connectivity index (χ2v) is 7.49. The molecule has 0 fully saturated rings. The smallest absolute Gasteiger partial charge is 0.326 e. The van der Waals surface area contributed by atoms with Crippen LogP contribution in [0.5, 0.6) is 0 Å². The number of nitrogens with zero attached hydrogens (tertiary/aromatic N) is 1.